The molecule has 1 atom stereocenters. The molecule has 2 aliphatic heterocycles. The van der Waals surface area contributed by atoms with Crippen molar-refractivity contribution in [2.75, 3.05) is 31.6 Å². The van der Waals surface area contributed by atoms with Gasteiger partial charge < -0.3 is 19.7 Å². The number of amides is 2. The third-order valence-corrected chi connectivity index (χ3v) is 5.03. The number of benzene rings is 2. The molecule has 1 saturated heterocycles. The number of carbonyl (C=O) groups excluding carboxylic acids is 1. The molecule has 0 aliphatic carbocycles. The summed E-state index contributed by atoms with van der Waals surface area (Å²) in [5, 5.41) is 2.94. The highest BCUT2D eigenvalue weighted by Gasteiger charge is 2.22. The second-order valence-corrected chi connectivity index (χ2v) is 6.93. The minimum absolute atomic E-state index is 0.0132. The zero-order valence-corrected chi connectivity index (χ0v) is 15.6. The number of ether oxygens (including phenoxy) is 2. The average Bonchev–Trinajstić information content (AvgIpc) is 3.23. The van der Waals surface area contributed by atoms with Crippen LogP contribution >= 0.6 is 0 Å². The molecule has 2 aromatic carbocycles. The van der Waals surface area contributed by atoms with E-state index >= 15 is 0 Å². The Labute approximate surface area is 163 Å². The molecule has 0 spiro atoms. The Kier molecular flexibility index (Phi) is 5.58. The topological polar surface area (TPSA) is 50.8 Å². The summed E-state index contributed by atoms with van der Waals surface area (Å²) in [6.07, 6.45) is 3.39. The van der Waals surface area contributed by atoms with Crippen LogP contribution in [0.4, 0.5) is 14.9 Å². The Morgan fingerprint density at radius 3 is 2.75 bits per heavy atom. The fourth-order valence-electron chi connectivity index (χ4n) is 3.47. The predicted octanol–water partition coefficient (Wildman–Crippen LogP) is 4.31. The number of carbonyl (C=O) groups is 1. The van der Waals surface area contributed by atoms with Crippen LogP contribution in [0, 0.1) is 5.82 Å². The van der Waals surface area contributed by atoms with Crippen LogP contribution in [0.2, 0.25) is 0 Å². The SMILES string of the molecule is O=C(Nc1ccccc1OC1CCOC1)N1CC=C(c2ccccc2F)CC1. The first kappa shape index (κ1) is 18.5. The maximum Gasteiger partial charge on any atom is 0.322 e. The van der Waals surface area contributed by atoms with Crippen molar-refractivity contribution < 1.29 is 18.7 Å². The maximum absolute atomic E-state index is 14.0. The molecule has 0 saturated carbocycles. The minimum atomic E-state index is -0.228. The number of hydrogen-bond donors (Lipinski definition) is 1. The molecule has 6 heteroatoms. The van der Waals surface area contributed by atoms with Crippen molar-refractivity contribution in [1.82, 2.24) is 4.90 Å². The number of hydrogen-bond acceptors (Lipinski definition) is 3. The molecule has 1 unspecified atom stereocenters. The van der Waals surface area contributed by atoms with Gasteiger partial charge in [0, 0.05) is 25.1 Å². The van der Waals surface area contributed by atoms with Gasteiger partial charge in [-0.15, -0.1) is 0 Å². The van der Waals surface area contributed by atoms with Crippen LogP contribution < -0.4 is 10.1 Å². The van der Waals surface area contributed by atoms with Crippen LogP contribution in [-0.2, 0) is 4.74 Å². The smallest absolute Gasteiger partial charge is 0.322 e. The maximum atomic E-state index is 14.0. The number of urea groups is 1. The normalized spacial score (nSPS) is 19.2. The van der Waals surface area contributed by atoms with Gasteiger partial charge in [-0.3, -0.25) is 0 Å². The summed E-state index contributed by atoms with van der Waals surface area (Å²) < 4.78 is 25.3. The van der Waals surface area contributed by atoms with Crippen molar-refractivity contribution in [2.24, 2.45) is 0 Å². The third kappa shape index (κ3) is 4.17. The highest BCUT2D eigenvalue weighted by molar-refractivity contribution is 5.91. The summed E-state index contributed by atoms with van der Waals surface area (Å²) >= 11 is 0. The Hall–Kier alpha value is -2.86. The monoisotopic (exact) mass is 382 g/mol. The molecule has 2 amide bonds. The Balaban J connectivity index is 1.40. The van der Waals surface area contributed by atoms with Gasteiger partial charge in [0.1, 0.15) is 17.7 Å². The zero-order chi connectivity index (χ0) is 19.3. The number of anilines is 1. The standard InChI is InChI=1S/C22H23FN2O3/c23-19-6-2-1-5-18(19)16-9-12-25(13-10-16)22(26)24-20-7-3-4-8-21(20)28-17-11-14-27-15-17/h1-9,17H,10-15H2,(H,24,26). The van der Waals surface area contributed by atoms with E-state index < -0.39 is 0 Å². The van der Waals surface area contributed by atoms with E-state index in [0.717, 1.165) is 12.0 Å². The quantitative estimate of drug-likeness (QED) is 0.857. The van der Waals surface area contributed by atoms with E-state index in [4.69, 9.17) is 9.47 Å². The summed E-state index contributed by atoms with van der Waals surface area (Å²) in [7, 11) is 0. The van der Waals surface area contributed by atoms with Crippen LogP contribution in [0.1, 0.15) is 18.4 Å². The molecule has 0 bridgehead atoms. The predicted molar refractivity (Wildman–Crippen MR) is 106 cm³/mol. The van der Waals surface area contributed by atoms with E-state index in [1.807, 2.05) is 36.4 Å². The van der Waals surface area contributed by atoms with Crippen molar-refractivity contribution in [3.8, 4) is 5.75 Å². The fourth-order valence-corrected chi connectivity index (χ4v) is 3.47. The summed E-state index contributed by atoms with van der Waals surface area (Å²) in [6, 6.07) is 14.0. The van der Waals surface area contributed by atoms with Gasteiger partial charge in [-0.25, -0.2) is 9.18 Å². The van der Waals surface area contributed by atoms with Crippen LogP contribution in [0.25, 0.3) is 5.57 Å². The molecular formula is C22H23FN2O3. The molecule has 0 aromatic heterocycles. The first-order valence-corrected chi connectivity index (χ1v) is 9.54. The van der Waals surface area contributed by atoms with E-state index in [1.165, 1.54) is 6.07 Å². The lowest BCUT2D eigenvalue weighted by molar-refractivity contribution is 0.142. The fraction of sp³-hybridized carbons (Fsp3) is 0.318. The van der Waals surface area contributed by atoms with Crippen molar-refractivity contribution in [3.63, 3.8) is 0 Å². The summed E-state index contributed by atoms with van der Waals surface area (Å²) in [5.41, 5.74) is 2.19. The highest BCUT2D eigenvalue weighted by Crippen LogP contribution is 2.28. The molecule has 1 fully saturated rings. The van der Waals surface area contributed by atoms with Crippen molar-refractivity contribution in [1.29, 1.82) is 0 Å². The molecule has 1 N–H and O–H groups in total. The number of nitrogens with one attached hydrogen (secondary N) is 1. The van der Waals surface area contributed by atoms with Crippen molar-refractivity contribution in [2.45, 2.75) is 18.9 Å². The summed E-state index contributed by atoms with van der Waals surface area (Å²) in [6.45, 7) is 2.24. The van der Waals surface area contributed by atoms with Gasteiger partial charge in [0.05, 0.1) is 18.9 Å². The Morgan fingerprint density at radius 2 is 2.00 bits per heavy atom. The van der Waals surface area contributed by atoms with Crippen LogP contribution in [0.5, 0.6) is 5.75 Å². The Morgan fingerprint density at radius 1 is 1.18 bits per heavy atom. The molecule has 0 radical (unpaired) electrons. The van der Waals surface area contributed by atoms with Gasteiger partial charge in [0.2, 0.25) is 0 Å². The van der Waals surface area contributed by atoms with E-state index in [-0.39, 0.29) is 18.0 Å². The average molecular weight is 382 g/mol. The number of rotatable bonds is 4. The van der Waals surface area contributed by atoms with Gasteiger partial charge in [0.25, 0.3) is 0 Å². The van der Waals surface area contributed by atoms with Gasteiger partial charge in [-0.2, -0.15) is 0 Å². The lowest BCUT2D eigenvalue weighted by atomic mass is 9.99. The largest absolute Gasteiger partial charge is 0.486 e. The molecule has 28 heavy (non-hydrogen) atoms. The third-order valence-electron chi connectivity index (χ3n) is 5.03. The second kappa shape index (κ2) is 8.44. The lowest BCUT2D eigenvalue weighted by Crippen LogP contribution is -2.38. The van der Waals surface area contributed by atoms with Crippen LogP contribution in [-0.4, -0.2) is 43.3 Å². The number of halogens is 1. The van der Waals surface area contributed by atoms with Gasteiger partial charge in [-0.05, 0) is 30.2 Å². The molecular weight excluding hydrogens is 359 g/mol. The van der Waals surface area contributed by atoms with Crippen molar-refractivity contribution in [3.05, 3.63) is 66.0 Å². The van der Waals surface area contributed by atoms with Crippen molar-refractivity contribution >= 4 is 17.3 Å². The molecule has 5 nitrogen and oxygen atoms in total. The van der Waals surface area contributed by atoms with Crippen LogP contribution in [0.15, 0.2) is 54.6 Å². The summed E-state index contributed by atoms with van der Waals surface area (Å²) in [5.74, 6) is 0.416. The van der Waals surface area contributed by atoms with Gasteiger partial charge >= 0.3 is 6.03 Å². The first-order valence-electron chi connectivity index (χ1n) is 9.54. The van der Waals surface area contributed by atoms with E-state index in [2.05, 4.69) is 5.32 Å². The zero-order valence-electron chi connectivity index (χ0n) is 15.6. The highest BCUT2D eigenvalue weighted by atomic mass is 19.1. The first-order chi connectivity index (χ1) is 13.7. The van der Waals surface area contributed by atoms with Crippen LogP contribution in [0.3, 0.4) is 0 Å². The molecule has 2 aromatic rings. The van der Waals surface area contributed by atoms with Gasteiger partial charge in [-0.1, -0.05) is 36.4 Å². The summed E-state index contributed by atoms with van der Waals surface area (Å²) in [4.78, 5) is 14.4. The van der Waals surface area contributed by atoms with E-state index in [9.17, 15) is 9.18 Å². The van der Waals surface area contributed by atoms with Gasteiger partial charge in [0.15, 0.2) is 0 Å². The Bertz CT molecular complexity index is 878. The molecule has 2 heterocycles. The number of para-hydroxylation sites is 2. The molecule has 2 aliphatic rings. The second-order valence-electron chi connectivity index (χ2n) is 6.93. The van der Waals surface area contributed by atoms with E-state index in [0.29, 0.717) is 49.7 Å². The minimum Gasteiger partial charge on any atom is -0.486 e. The molecule has 4 rings (SSSR count). The lowest BCUT2D eigenvalue weighted by Gasteiger charge is -2.27. The number of nitrogens with zero attached hydrogens (tertiary/aromatic N) is 1. The molecule has 146 valence electrons. The van der Waals surface area contributed by atoms with E-state index in [1.54, 1.807) is 17.0 Å².